The Bertz CT molecular complexity index is 432. The predicted molar refractivity (Wildman–Crippen MR) is 78.1 cm³/mol. The summed E-state index contributed by atoms with van der Waals surface area (Å²) >= 11 is 0. The van der Waals surface area contributed by atoms with E-state index in [0.29, 0.717) is 0 Å². The Morgan fingerprint density at radius 3 is 2.72 bits per heavy atom. The van der Waals surface area contributed by atoms with Gasteiger partial charge in [-0.2, -0.15) is 0 Å². The molecule has 1 aliphatic rings. The van der Waals surface area contributed by atoms with E-state index < -0.39 is 0 Å². The lowest BCUT2D eigenvalue weighted by molar-refractivity contribution is 0.334. The van der Waals surface area contributed by atoms with E-state index in [0.717, 1.165) is 19.4 Å². The fraction of sp³-hybridized carbons (Fsp3) is 0.412. The van der Waals surface area contributed by atoms with Gasteiger partial charge in [0, 0.05) is 23.9 Å². The van der Waals surface area contributed by atoms with E-state index >= 15 is 0 Å². The highest BCUT2D eigenvalue weighted by molar-refractivity contribution is 5.22. The van der Waals surface area contributed by atoms with E-state index in [-0.39, 0.29) is 5.41 Å². The predicted octanol–water partition coefficient (Wildman–Crippen LogP) is 4.38. The largest absolute Gasteiger partial charge is 0.351 e. The fourth-order valence-corrected chi connectivity index (χ4v) is 2.59. The number of nitrogens with zero attached hydrogens (tertiary/aromatic N) is 1. The lowest BCUT2D eigenvalue weighted by atomic mass is 9.85. The summed E-state index contributed by atoms with van der Waals surface area (Å²) in [7, 11) is 0. The van der Waals surface area contributed by atoms with Gasteiger partial charge in [0.2, 0.25) is 0 Å². The number of allylic oxidation sites excluding steroid dienone is 1. The molecule has 1 heterocycles. The molecule has 0 saturated heterocycles. The van der Waals surface area contributed by atoms with Crippen LogP contribution in [0.1, 0.15) is 32.3 Å². The molecule has 0 unspecified atom stereocenters. The van der Waals surface area contributed by atoms with Crippen LogP contribution in [0.15, 0.2) is 54.9 Å². The standard InChI is InChI=1S/C17H23N/c1-4-8-15(2)18-12-11-17(3,14-18)13-16-9-6-5-7-10-16/h5-7,9-12H,2,4,8,13-14H2,1,3H3/t17-/m1/s1. The summed E-state index contributed by atoms with van der Waals surface area (Å²) < 4.78 is 0. The highest BCUT2D eigenvalue weighted by Crippen LogP contribution is 2.33. The molecule has 0 spiro atoms. The van der Waals surface area contributed by atoms with Crippen molar-refractivity contribution in [2.45, 2.75) is 33.1 Å². The van der Waals surface area contributed by atoms with Crippen LogP contribution >= 0.6 is 0 Å². The first-order valence-corrected chi connectivity index (χ1v) is 6.81. The molecule has 0 radical (unpaired) electrons. The zero-order valence-corrected chi connectivity index (χ0v) is 11.5. The van der Waals surface area contributed by atoms with Gasteiger partial charge < -0.3 is 4.90 Å². The first kappa shape index (κ1) is 12.9. The molecule has 0 aliphatic carbocycles. The smallest absolute Gasteiger partial charge is 0.0314 e. The van der Waals surface area contributed by atoms with Crippen LogP contribution in [0.3, 0.4) is 0 Å². The van der Waals surface area contributed by atoms with Crippen LogP contribution in [-0.4, -0.2) is 11.4 Å². The molecule has 0 amide bonds. The second-order valence-electron chi connectivity index (χ2n) is 5.58. The molecule has 0 saturated carbocycles. The van der Waals surface area contributed by atoms with E-state index in [4.69, 9.17) is 0 Å². The number of benzene rings is 1. The molecule has 1 heteroatoms. The molecule has 18 heavy (non-hydrogen) atoms. The molecule has 1 nitrogen and oxygen atoms in total. The van der Waals surface area contributed by atoms with E-state index in [1.54, 1.807) is 0 Å². The van der Waals surface area contributed by atoms with E-state index in [9.17, 15) is 0 Å². The van der Waals surface area contributed by atoms with Gasteiger partial charge in [-0.3, -0.25) is 0 Å². The summed E-state index contributed by atoms with van der Waals surface area (Å²) in [5.74, 6) is 0. The van der Waals surface area contributed by atoms with Gasteiger partial charge in [-0.05, 0) is 18.4 Å². The van der Waals surface area contributed by atoms with Crippen LogP contribution in [0.4, 0.5) is 0 Å². The van der Waals surface area contributed by atoms with E-state index in [1.807, 2.05) is 0 Å². The molecule has 0 fully saturated rings. The van der Waals surface area contributed by atoms with E-state index in [2.05, 4.69) is 67.9 Å². The Morgan fingerprint density at radius 1 is 1.33 bits per heavy atom. The Balaban J connectivity index is 1.99. The molecule has 2 rings (SSSR count). The number of rotatable bonds is 5. The quantitative estimate of drug-likeness (QED) is 0.739. The van der Waals surface area contributed by atoms with Crippen LogP contribution < -0.4 is 0 Å². The second-order valence-corrected chi connectivity index (χ2v) is 5.58. The number of hydrogen-bond donors (Lipinski definition) is 0. The number of hydrogen-bond acceptors (Lipinski definition) is 1. The highest BCUT2D eigenvalue weighted by Gasteiger charge is 2.29. The molecule has 0 bridgehead atoms. The minimum atomic E-state index is 0.234. The molecule has 96 valence electrons. The van der Waals surface area contributed by atoms with Gasteiger partial charge in [0.05, 0.1) is 0 Å². The summed E-state index contributed by atoms with van der Waals surface area (Å²) in [4.78, 5) is 2.31. The van der Waals surface area contributed by atoms with Crippen molar-refractivity contribution in [3.8, 4) is 0 Å². The first-order valence-electron chi connectivity index (χ1n) is 6.81. The lowest BCUT2D eigenvalue weighted by Gasteiger charge is -2.27. The first-order chi connectivity index (χ1) is 8.63. The van der Waals surface area contributed by atoms with Crippen molar-refractivity contribution < 1.29 is 0 Å². The van der Waals surface area contributed by atoms with Crippen molar-refractivity contribution in [1.82, 2.24) is 4.90 Å². The fourth-order valence-electron chi connectivity index (χ4n) is 2.59. The van der Waals surface area contributed by atoms with Gasteiger partial charge in [0.15, 0.2) is 0 Å². The highest BCUT2D eigenvalue weighted by atomic mass is 15.1. The van der Waals surface area contributed by atoms with Gasteiger partial charge in [-0.1, -0.05) is 63.3 Å². The van der Waals surface area contributed by atoms with Crippen molar-refractivity contribution in [2.24, 2.45) is 5.41 Å². The van der Waals surface area contributed by atoms with Gasteiger partial charge in [0.1, 0.15) is 0 Å². The van der Waals surface area contributed by atoms with Crippen LogP contribution in [-0.2, 0) is 6.42 Å². The maximum Gasteiger partial charge on any atom is 0.0314 e. The molecule has 1 atom stereocenters. The van der Waals surface area contributed by atoms with Crippen molar-refractivity contribution >= 4 is 0 Å². The molecule has 0 aromatic heterocycles. The second kappa shape index (κ2) is 5.43. The lowest BCUT2D eigenvalue weighted by Crippen LogP contribution is -2.26. The maximum absolute atomic E-state index is 4.17. The SMILES string of the molecule is C=C(CCC)N1C=C[C@](C)(Cc2ccccc2)C1. The monoisotopic (exact) mass is 241 g/mol. The van der Waals surface area contributed by atoms with Crippen molar-refractivity contribution in [3.63, 3.8) is 0 Å². The van der Waals surface area contributed by atoms with Crippen molar-refractivity contribution in [1.29, 1.82) is 0 Å². The summed E-state index contributed by atoms with van der Waals surface area (Å²) in [6, 6.07) is 10.7. The van der Waals surface area contributed by atoms with E-state index in [1.165, 1.54) is 17.7 Å². The third-order valence-electron chi connectivity index (χ3n) is 3.58. The van der Waals surface area contributed by atoms with Gasteiger partial charge in [-0.25, -0.2) is 0 Å². The van der Waals surface area contributed by atoms with Gasteiger partial charge in [0.25, 0.3) is 0 Å². The van der Waals surface area contributed by atoms with Crippen molar-refractivity contribution in [2.75, 3.05) is 6.54 Å². The Kier molecular flexibility index (Phi) is 3.90. The van der Waals surface area contributed by atoms with Crippen LogP contribution in [0.2, 0.25) is 0 Å². The molecule has 1 aliphatic heterocycles. The summed E-state index contributed by atoms with van der Waals surface area (Å²) in [5, 5.41) is 0. The molecular formula is C17H23N. The topological polar surface area (TPSA) is 3.24 Å². The average molecular weight is 241 g/mol. The minimum Gasteiger partial charge on any atom is -0.351 e. The third-order valence-corrected chi connectivity index (χ3v) is 3.58. The molecule has 0 N–H and O–H groups in total. The average Bonchev–Trinajstić information content (AvgIpc) is 2.73. The Morgan fingerprint density at radius 2 is 2.06 bits per heavy atom. The zero-order valence-electron chi connectivity index (χ0n) is 11.5. The van der Waals surface area contributed by atoms with Crippen molar-refractivity contribution in [3.05, 3.63) is 60.4 Å². The normalized spacial score (nSPS) is 22.4. The van der Waals surface area contributed by atoms with Gasteiger partial charge >= 0.3 is 0 Å². The summed E-state index contributed by atoms with van der Waals surface area (Å²) in [6.45, 7) is 9.76. The molecular weight excluding hydrogens is 218 g/mol. The third kappa shape index (κ3) is 3.04. The van der Waals surface area contributed by atoms with Gasteiger partial charge in [-0.15, -0.1) is 0 Å². The van der Waals surface area contributed by atoms with Crippen LogP contribution in [0, 0.1) is 5.41 Å². The Labute approximate surface area is 111 Å². The summed E-state index contributed by atoms with van der Waals surface area (Å²) in [5.41, 5.74) is 2.89. The van der Waals surface area contributed by atoms with Crippen LogP contribution in [0.5, 0.6) is 0 Å². The zero-order chi connectivity index (χ0) is 13.0. The minimum absolute atomic E-state index is 0.234. The maximum atomic E-state index is 4.17. The summed E-state index contributed by atoms with van der Waals surface area (Å²) in [6.07, 6.45) is 7.90. The van der Waals surface area contributed by atoms with Crippen LogP contribution in [0.25, 0.3) is 0 Å². The molecule has 1 aromatic carbocycles. The Hall–Kier alpha value is -1.50. The molecule has 1 aromatic rings.